The fourth-order valence-electron chi connectivity index (χ4n) is 1.89. The molecule has 1 unspecified atom stereocenters. The second kappa shape index (κ2) is 5.17. The molecule has 1 atom stereocenters. The summed E-state index contributed by atoms with van der Waals surface area (Å²) in [7, 11) is 0. The van der Waals surface area contributed by atoms with Gasteiger partial charge in [0.1, 0.15) is 5.76 Å². The normalized spacial score (nSPS) is 21.6. The molecule has 0 saturated carbocycles. The summed E-state index contributed by atoms with van der Waals surface area (Å²) in [5.41, 5.74) is 0. The Morgan fingerprint density at radius 2 is 2.57 bits per heavy atom. The third-order valence-corrected chi connectivity index (χ3v) is 2.77. The number of nitrogens with one attached hydrogen (secondary N) is 2. The lowest BCUT2D eigenvalue weighted by atomic mass is 10.1. The Balaban J connectivity index is 1.55. The van der Waals surface area contributed by atoms with Crippen molar-refractivity contribution in [2.45, 2.75) is 19.4 Å². The van der Waals surface area contributed by atoms with Gasteiger partial charge in [-0.15, -0.1) is 0 Å². The van der Waals surface area contributed by atoms with E-state index in [1.807, 2.05) is 12.1 Å². The van der Waals surface area contributed by atoms with E-state index in [0.717, 1.165) is 24.8 Å². The van der Waals surface area contributed by atoms with Gasteiger partial charge >= 0.3 is 0 Å². The fourth-order valence-corrected chi connectivity index (χ4v) is 1.89. The summed E-state index contributed by atoms with van der Waals surface area (Å²) in [6.45, 7) is 4.34. The summed E-state index contributed by atoms with van der Waals surface area (Å²) in [5.74, 6) is 1.90. The van der Waals surface area contributed by atoms with Crippen molar-refractivity contribution in [1.29, 1.82) is 0 Å². The van der Waals surface area contributed by atoms with E-state index in [9.17, 15) is 0 Å². The van der Waals surface area contributed by atoms with Crippen LogP contribution in [-0.4, -0.2) is 19.6 Å². The predicted molar refractivity (Wildman–Crippen MR) is 56.0 cm³/mol. The van der Waals surface area contributed by atoms with Gasteiger partial charge in [0, 0.05) is 0 Å². The van der Waals surface area contributed by atoms with Gasteiger partial charge in [-0.2, -0.15) is 0 Å². The minimum absolute atomic E-state index is 0.854. The highest BCUT2D eigenvalue weighted by Gasteiger charge is 2.13. The van der Waals surface area contributed by atoms with Crippen LogP contribution in [0.2, 0.25) is 0 Å². The minimum Gasteiger partial charge on any atom is -0.468 e. The molecule has 1 aromatic rings. The highest BCUT2D eigenvalue weighted by molar-refractivity contribution is 4.97. The monoisotopic (exact) mass is 194 g/mol. The van der Waals surface area contributed by atoms with Crippen LogP contribution < -0.4 is 10.6 Å². The SMILES string of the molecule is c1coc(CNCCC2CCNC2)c1. The van der Waals surface area contributed by atoms with Gasteiger partial charge in [-0.05, 0) is 50.5 Å². The molecule has 1 aromatic heterocycles. The van der Waals surface area contributed by atoms with Crippen LogP contribution in [0.1, 0.15) is 18.6 Å². The van der Waals surface area contributed by atoms with Crippen LogP contribution in [0.3, 0.4) is 0 Å². The number of furan rings is 1. The van der Waals surface area contributed by atoms with Gasteiger partial charge in [0.05, 0.1) is 12.8 Å². The molecule has 3 nitrogen and oxygen atoms in total. The molecule has 2 heterocycles. The van der Waals surface area contributed by atoms with Crippen molar-refractivity contribution < 1.29 is 4.42 Å². The highest BCUT2D eigenvalue weighted by Crippen LogP contribution is 2.10. The maximum atomic E-state index is 5.23. The molecule has 2 rings (SSSR count). The lowest BCUT2D eigenvalue weighted by Gasteiger charge is -2.07. The standard InChI is InChI=1S/C11H18N2O/c1-2-11(14-7-1)9-13-6-4-10-3-5-12-8-10/h1-2,7,10,12-13H,3-6,8-9H2. The molecule has 2 N–H and O–H groups in total. The van der Waals surface area contributed by atoms with Crippen molar-refractivity contribution in [2.24, 2.45) is 5.92 Å². The summed E-state index contributed by atoms with van der Waals surface area (Å²) in [5, 5.41) is 6.77. The Morgan fingerprint density at radius 1 is 1.57 bits per heavy atom. The second-order valence-electron chi connectivity index (χ2n) is 3.90. The van der Waals surface area contributed by atoms with Crippen molar-refractivity contribution in [3.63, 3.8) is 0 Å². The Bertz CT molecular complexity index is 240. The topological polar surface area (TPSA) is 37.2 Å². The maximum absolute atomic E-state index is 5.23. The molecule has 14 heavy (non-hydrogen) atoms. The van der Waals surface area contributed by atoms with Crippen LogP contribution in [0.5, 0.6) is 0 Å². The summed E-state index contributed by atoms with van der Waals surface area (Å²) >= 11 is 0. The van der Waals surface area contributed by atoms with Gasteiger partial charge in [0.25, 0.3) is 0 Å². The van der Waals surface area contributed by atoms with E-state index in [-0.39, 0.29) is 0 Å². The van der Waals surface area contributed by atoms with E-state index >= 15 is 0 Å². The first-order chi connectivity index (χ1) is 6.95. The summed E-state index contributed by atoms with van der Waals surface area (Å²) in [4.78, 5) is 0. The molecule has 1 saturated heterocycles. The van der Waals surface area contributed by atoms with Crippen molar-refractivity contribution in [1.82, 2.24) is 10.6 Å². The quantitative estimate of drug-likeness (QED) is 0.695. The average Bonchev–Trinajstić information content (AvgIpc) is 2.86. The minimum atomic E-state index is 0.854. The van der Waals surface area contributed by atoms with Crippen molar-refractivity contribution in [2.75, 3.05) is 19.6 Å². The van der Waals surface area contributed by atoms with Crippen LogP contribution >= 0.6 is 0 Å². The van der Waals surface area contributed by atoms with Crippen LogP contribution in [0.4, 0.5) is 0 Å². The van der Waals surface area contributed by atoms with Crippen LogP contribution in [-0.2, 0) is 6.54 Å². The van der Waals surface area contributed by atoms with Crippen molar-refractivity contribution in [3.05, 3.63) is 24.2 Å². The van der Waals surface area contributed by atoms with Crippen LogP contribution in [0.15, 0.2) is 22.8 Å². The maximum Gasteiger partial charge on any atom is 0.117 e. The van der Waals surface area contributed by atoms with Crippen LogP contribution in [0, 0.1) is 5.92 Å². The molecule has 0 bridgehead atoms. The molecule has 78 valence electrons. The lowest BCUT2D eigenvalue weighted by Crippen LogP contribution is -2.18. The highest BCUT2D eigenvalue weighted by atomic mass is 16.3. The Labute approximate surface area is 84.9 Å². The largest absolute Gasteiger partial charge is 0.468 e. The third kappa shape index (κ3) is 2.86. The van der Waals surface area contributed by atoms with Gasteiger partial charge in [-0.25, -0.2) is 0 Å². The first-order valence-electron chi connectivity index (χ1n) is 5.39. The Hall–Kier alpha value is -0.800. The Kier molecular flexibility index (Phi) is 3.60. The van der Waals surface area contributed by atoms with E-state index in [1.54, 1.807) is 6.26 Å². The fraction of sp³-hybridized carbons (Fsp3) is 0.636. The molecule has 1 fully saturated rings. The van der Waals surface area contributed by atoms with Crippen molar-refractivity contribution in [3.8, 4) is 0 Å². The van der Waals surface area contributed by atoms with Gasteiger partial charge in [-0.3, -0.25) is 0 Å². The molecular weight excluding hydrogens is 176 g/mol. The number of hydrogen-bond acceptors (Lipinski definition) is 3. The molecule has 0 radical (unpaired) electrons. The van der Waals surface area contributed by atoms with E-state index < -0.39 is 0 Å². The third-order valence-electron chi connectivity index (χ3n) is 2.77. The molecule has 1 aliphatic rings. The summed E-state index contributed by atoms with van der Waals surface area (Å²) in [6, 6.07) is 3.93. The van der Waals surface area contributed by atoms with Crippen LogP contribution in [0.25, 0.3) is 0 Å². The zero-order chi connectivity index (χ0) is 9.64. The smallest absolute Gasteiger partial charge is 0.117 e. The van der Waals surface area contributed by atoms with E-state index in [4.69, 9.17) is 4.42 Å². The number of hydrogen-bond donors (Lipinski definition) is 2. The Morgan fingerprint density at radius 3 is 3.29 bits per heavy atom. The lowest BCUT2D eigenvalue weighted by molar-refractivity contribution is 0.457. The molecular formula is C11H18N2O. The number of rotatable bonds is 5. The summed E-state index contributed by atoms with van der Waals surface area (Å²) < 4.78 is 5.23. The van der Waals surface area contributed by atoms with Crippen molar-refractivity contribution >= 4 is 0 Å². The molecule has 3 heteroatoms. The van der Waals surface area contributed by atoms with Gasteiger partial charge in [-0.1, -0.05) is 0 Å². The first-order valence-corrected chi connectivity index (χ1v) is 5.39. The molecule has 0 aromatic carbocycles. The van der Waals surface area contributed by atoms with Gasteiger partial charge in [0.2, 0.25) is 0 Å². The zero-order valence-corrected chi connectivity index (χ0v) is 8.46. The zero-order valence-electron chi connectivity index (χ0n) is 8.46. The van der Waals surface area contributed by atoms with E-state index in [1.165, 1.54) is 25.9 Å². The molecule has 1 aliphatic heterocycles. The van der Waals surface area contributed by atoms with E-state index in [0.29, 0.717) is 0 Å². The van der Waals surface area contributed by atoms with E-state index in [2.05, 4.69) is 10.6 Å². The van der Waals surface area contributed by atoms with Gasteiger partial charge < -0.3 is 15.1 Å². The average molecular weight is 194 g/mol. The summed E-state index contributed by atoms with van der Waals surface area (Å²) in [6.07, 6.45) is 4.33. The predicted octanol–water partition coefficient (Wildman–Crippen LogP) is 1.37. The van der Waals surface area contributed by atoms with Gasteiger partial charge in [0.15, 0.2) is 0 Å². The second-order valence-corrected chi connectivity index (χ2v) is 3.90. The molecule has 0 amide bonds. The molecule has 0 aliphatic carbocycles. The molecule has 0 spiro atoms. The first kappa shape index (κ1) is 9.74.